The van der Waals surface area contributed by atoms with Crippen LogP contribution in [-0.2, 0) is 42.0 Å². The van der Waals surface area contributed by atoms with E-state index in [1.165, 1.54) is 82.8 Å². The van der Waals surface area contributed by atoms with Crippen LogP contribution in [0.5, 0.6) is 0 Å². The molecule has 8 nitrogen and oxygen atoms in total. The Bertz CT molecular complexity index is 1080. The third kappa shape index (κ3) is 20.0. The van der Waals surface area contributed by atoms with Crippen molar-refractivity contribution in [3.05, 3.63) is 32.6 Å². The van der Waals surface area contributed by atoms with Crippen LogP contribution in [0.4, 0.5) is 0 Å². The molecule has 1 radical (unpaired) electrons. The number of nitrogens with zero attached hydrogens (tertiary/aromatic N) is 6. The van der Waals surface area contributed by atoms with Crippen LogP contribution < -0.4 is 15.3 Å². The Labute approximate surface area is 341 Å². The summed E-state index contributed by atoms with van der Waals surface area (Å²) in [5.74, 6) is 0. The van der Waals surface area contributed by atoms with Gasteiger partial charge in [-0.05, 0) is 41.9 Å². The quantitative estimate of drug-likeness (QED) is 0.220. The van der Waals surface area contributed by atoms with Crippen LogP contribution in [0, 0.1) is 37.3 Å². The maximum Gasteiger partial charge on any atom is 3.00 e. The summed E-state index contributed by atoms with van der Waals surface area (Å²) in [6.45, 7) is 43.2. The molecule has 0 atom stereocenters. The van der Waals surface area contributed by atoms with E-state index in [0.717, 1.165) is 26.4 Å². The van der Waals surface area contributed by atoms with Gasteiger partial charge in [0.1, 0.15) is 0 Å². The molecule has 5 heterocycles. The molecule has 0 unspecified atom stereocenters. The van der Waals surface area contributed by atoms with Crippen LogP contribution in [0.25, 0.3) is 0 Å². The van der Waals surface area contributed by atoms with Crippen molar-refractivity contribution in [3.63, 3.8) is 0 Å². The zero-order valence-corrected chi connectivity index (χ0v) is 39.3. The second kappa shape index (κ2) is 21.2. The van der Waals surface area contributed by atoms with Gasteiger partial charge in [-0.25, -0.2) is 0 Å². The predicted octanol–water partition coefficient (Wildman–Crippen LogP) is 11.2. The SMILES string of the molecule is C1CCOC1.C1CCOC1.CC(C)(C)c1n[n-]c(C(C)(C)C)p1.CC(C)(C)c1n[n-]c(C(C)(C)C)p1.CC(C)(C)c1n[n-]c(C(C)(C)C)p1.[Er+3]. The first-order chi connectivity index (χ1) is 22.1. The molecule has 3 aromatic rings. The number of hydrogen-bond donors (Lipinski definition) is 0. The molecule has 50 heavy (non-hydrogen) atoms. The van der Waals surface area contributed by atoms with E-state index in [0.29, 0.717) is 0 Å². The zero-order valence-electron chi connectivity index (χ0n) is 34.8. The van der Waals surface area contributed by atoms with E-state index in [4.69, 9.17) is 9.47 Å². The zero-order chi connectivity index (χ0) is 37.9. The van der Waals surface area contributed by atoms with Gasteiger partial charge in [0.2, 0.25) is 0 Å². The number of rotatable bonds is 0. The van der Waals surface area contributed by atoms with E-state index in [2.05, 4.69) is 155 Å². The molecule has 0 spiro atoms. The molecule has 2 fully saturated rings. The third-order valence-electron chi connectivity index (χ3n) is 7.03. The normalized spacial score (nSPS) is 15.7. The third-order valence-corrected chi connectivity index (χ3v) is 12.9. The van der Waals surface area contributed by atoms with E-state index < -0.39 is 0 Å². The van der Waals surface area contributed by atoms with Gasteiger partial charge >= 0.3 is 37.3 Å². The minimum absolute atomic E-state index is 0. The van der Waals surface area contributed by atoms with Crippen molar-refractivity contribution < 1.29 is 46.8 Å². The van der Waals surface area contributed by atoms with Crippen molar-refractivity contribution in [2.24, 2.45) is 0 Å². The van der Waals surface area contributed by atoms with Crippen molar-refractivity contribution in [3.8, 4) is 0 Å². The average Bonchev–Trinajstić information content (AvgIpc) is 3.77. The summed E-state index contributed by atoms with van der Waals surface area (Å²) >= 11 is 0. The topological polar surface area (TPSA) is 99.4 Å². The Morgan fingerprint density at radius 2 is 0.580 bits per heavy atom. The molecular weight excluding hydrogens is 833 g/mol. The van der Waals surface area contributed by atoms with Crippen LogP contribution >= 0.6 is 24.6 Å². The Hall–Kier alpha value is 0.0868. The van der Waals surface area contributed by atoms with Gasteiger partial charge in [0, 0.05) is 58.9 Å². The Morgan fingerprint density at radius 1 is 0.380 bits per heavy atom. The number of hydrogen-bond acceptors (Lipinski definition) is 5. The van der Waals surface area contributed by atoms with E-state index in [1.54, 1.807) is 0 Å². The minimum atomic E-state index is 0. The van der Waals surface area contributed by atoms with E-state index >= 15 is 0 Å². The molecule has 0 aromatic carbocycles. The second-order valence-electron chi connectivity index (χ2n) is 19.0. The monoisotopic (exact) mass is 901 g/mol. The van der Waals surface area contributed by atoms with Gasteiger partial charge in [-0.2, -0.15) is 0 Å². The summed E-state index contributed by atoms with van der Waals surface area (Å²) in [5, 5.41) is 25.5. The fraction of sp³-hybridized carbons (Fsp3) is 0.842. The molecule has 0 N–H and O–H groups in total. The van der Waals surface area contributed by atoms with Gasteiger partial charge in [0.15, 0.2) is 0 Å². The molecule has 0 aliphatic carbocycles. The molecule has 2 aliphatic rings. The van der Waals surface area contributed by atoms with Gasteiger partial charge in [-0.1, -0.05) is 149 Å². The van der Waals surface area contributed by atoms with Crippen LogP contribution in [0.1, 0.15) is 183 Å². The maximum absolute atomic E-state index is 4.94. The van der Waals surface area contributed by atoms with Gasteiger partial charge in [0.25, 0.3) is 0 Å². The molecule has 2 saturated heterocycles. The van der Waals surface area contributed by atoms with Crippen LogP contribution in [-0.4, -0.2) is 41.7 Å². The van der Waals surface area contributed by atoms with Crippen molar-refractivity contribution in [1.82, 2.24) is 30.6 Å². The molecule has 12 heteroatoms. The van der Waals surface area contributed by atoms with Crippen molar-refractivity contribution in [2.75, 3.05) is 26.4 Å². The van der Waals surface area contributed by atoms with Crippen LogP contribution in [0.2, 0.25) is 0 Å². The van der Waals surface area contributed by atoms with Gasteiger partial charge in [-0.15, -0.1) is 16.3 Å². The smallest absolute Gasteiger partial charge is 0.574 e. The number of aromatic nitrogens is 6. The van der Waals surface area contributed by atoms with Crippen molar-refractivity contribution in [1.29, 1.82) is 0 Å². The molecular formula is C38H70ErN6O2P3. The molecule has 2 aliphatic heterocycles. The first kappa shape index (κ1) is 50.1. The summed E-state index contributed by atoms with van der Waals surface area (Å²) in [6, 6.07) is 0. The molecule has 0 bridgehead atoms. The maximum atomic E-state index is 4.94. The van der Waals surface area contributed by atoms with E-state index in [-0.39, 0.29) is 69.8 Å². The minimum Gasteiger partial charge on any atom is -0.574 e. The van der Waals surface area contributed by atoms with Crippen LogP contribution in [0.3, 0.4) is 0 Å². The molecule has 3 aromatic heterocycles. The molecule has 291 valence electrons. The second-order valence-corrected chi connectivity index (χ2v) is 22.2. The largest absolute Gasteiger partial charge is 3.00 e. The Balaban J connectivity index is 0.000000625. The summed E-state index contributed by atoms with van der Waals surface area (Å²) in [5.41, 5.74) is 7.97. The molecule has 0 amide bonds. The van der Waals surface area contributed by atoms with Gasteiger partial charge in [-0.3, -0.25) is 0 Å². The summed E-state index contributed by atoms with van der Waals surface area (Å²) in [4.78, 5) is 0. The summed E-state index contributed by atoms with van der Waals surface area (Å²) < 4.78 is 9.89. The standard InChI is InChI=1S/3C10H18N2P.2C4H8O.Er/c3*1-9(2,3)7-11-12-8(13-7)10(4,5)6;2*1-2-4-5-3-1;/h3*1-6H3;2*1-4H2;/q3*-1;;;+3. The predicted molar refractivity (Wildman–Crippen MR) is 213 cm³/mol. The summed E-state index contributed by atoms with van der Waals surface area (Å²) in [6.07, 6.45) is 5.11. The first-order valence-corrected chi connectivity index (χ1v) is 20.6. The van der Waals surface area contributed by atoms with E-state index in [1.807, 2.05) is 0 Å². The fourth-order valence-electron chi connectivity index (χ4n) is 3.65. The Kier molecular flexibility index (Phi) is 21.3. The Morgan fingerprint density at radius 3 is 0.660 bits per heavy atom. The van der Waals surface area contributed by atoms with Gasteiger partial charge < -0.3 is 40.1 Å². The number of ether oxygens (including phenoxy) is 2. The molecule has 0 saturated carbocycles. The van der Waals surface area contributed by atoms with Crippen molar-refractivity contribution in [2.45, 2.75) is 183 Å². The molecule has 5 rings (SSSR count). The summed E-state index contributed by atoms with van der Waals surface area (Å²) in [7, 11) is 3.63. The van der Waals surface area contributed by atoms with E-state index in [9.17, 15) is 0 Å². The first-order valence-electron chi connectivity index (χ1n) is 17.9. The average molecular weight is 903 g/mol. The van der Waals surface area contributed by atoms with Crippen molar-refractivity contribution >= 4 is 24.6 Å². The fourth-order valence-corrected chi connectivity index (χ4v) is 6.80. The van der Waals surface area contributed by atoms with Crippen LogP contribution in [0.15, 0.2) is 0 Å². The van der Waals surface area contributed by atoms with Gasteiger partial charge in [0.05, 0.1) is 0 Å².